The molecule has 3 heterocycles. The van der Waals surface area contributed by atoms with Gasteiger partial charge in [-0.3, -0.25) is 18.9 Å². The van der Waals surface area contributed by atoms with Crippen LogP contribution in [0.15, 0.2) is 64.6 Å². The fourth-order valence-corrected chi connectivity index (χ4v) is 2.98. The average Bonchev–Trinajstić information content (AvgIpc) is 2.75. The van der Waals surface area contributed by atoms with E-state index in [2.05, 4.69) is 15.0 Å². The van der Waals surface area contributed by atoms with Gasteiger partial charge in [-0.25, -0.2) is 14.8 Å². The Bertz CT molecular complexity index is 1260. The van der Waals surface area contributed by atoms with Gasteiger partial charge in [-0.15, -0.1) is 0 Å². The van der Waals surface area contributed by atoms with Crippen molar-refractivity contribution in [1.82, 2.24) is 24.1 Å². The van der Waals surface area contributed by atoms with E-state index in [0.29, 0.717) is 11.5 Å². The van der Waals surface area contributed by atoms with Crippen LogP contribution in [-0.4, -0.2) is 31.2 Å². The Morgan fingerprint density at radius 2 is 1.86 bits per heavy atom. The van der Waals surface area contributed by atoms with Crippen LogP contribution in [0.4, 0.5) is 0 Å². The number of pyridine rings is 1. The molecule has 8 heteroatoms. The molecule has 3 aromatic heterocycles. The number of rotatable bonds is 4. The molecule has 4 rings (SSSR count). The number of benzene rings is 1. The van der Waals surface area contributed by atoms with Crippen molar-refractivity contribution >= 4 is 11.0 Å². The maximum Gasteiger partial charge on any atom is 0.332 e. The molecule has 0 fully saturated rings. The van der Waals surface area contributed by atoms with Crippen molar-refractivity contribution in [2.45, 2.75) is 6.54 Å². The van der Waals surface area contributed by atoms with Crippen LogP contribution in [0.2, 0.25) is 0 Å². The minimum Gasteiger partial charge on any atom is -0.497 e. The van der Waals surface area contributed by atoms with Crippen molar-refractivity contribution in [3.8, 4) is 17.1 Å². The number of ether oxygens (including phenoxy) is 1. The van der Waals surface area contributed by atoms with E-state index in [4.69, 9.17) is 4.74 Å². The summed E-state index contributed by atoms with van der Waals surface area (Å²) in [6, 6.07) is 10.8. The van der Waals surface area contributed by atoms with Crippen molar-refractivity contribution in [3.05, 3.63) is 81.4 Å². The van der Waals surface area contributed by atoms with Gasteiger partial charge in [-0.05, 0) is 35.9 Å². The molecule has 0 saturated heterocycles. The third-order valence-corrected chi connectivity index (χ3v) is 4.49. The highest BCUT2D eigenvalue weighted by Crippen LogP contribution is 2.20. The van der Waals surface area contributed by atoms with Crippen molar-refractivity contribution in [2.24, 2.45) is 7.05 Å². The molecule has 0 amide bonds. The second-order valence-electron chi connectivity index (χ2n) is 6.25. The van der Waals surface area contributed by atoms with Gasteiger partial charge in [0.1, 0.15) is 11.1 Å². The average molecular weight is 375 g/mol. The van der Waals surface area contributed by atoms with Crippen molar-refractivity contribution < 1.29 is 4.74 Å². The first kappa shape index (κ1) is 17.6. The number of hydrogen-bond donors (Lipinski definition) is 0. The Morgan fingerprint density at radius 3 is 2.54 bits per heavy atom. The summed E-state index contributed by atoms with van der Waals surface area (Å²) in [6.45, 7) is 0.134. The Labute approximate surface area is 159 Å². The monoisotopic (exact) mass is 375 g/mol. The quantitative estimate of drug-likeness (QED) is 0.538. The first-order chi connectivity index (χ1) is 13.6. The van der Waals surface area contributed by atoms with Gasteiger partial charge in [0, 0.05) is 31.2 Å². The number of fused-ring (bicyclic) bond motifs is 1. The molecule has 0 spiro atoms. The fourth-order valence-electron chi connectivity index (χ4n) is 2.98. The van der Waals surface area contributed by atoms with E-state index in [1.165, 1.54) is 10.8 Å². The summed E-state index contributed by atoms with van der Waals surface area (Å²) >= 11 is 0. The molecule has 4 aromatic rings. The van der Waals surface area contributed by atoms with Gasteiger partial charge in [0.15, 0.2) is 11.5 Å². The topological polar surface area (TPSA) is 91.9 Å². The summed E-state index contributed by atoms with van der Waals surface area (Å²) in [5.41, 5.74) is 0.939. The van der Waals surface area contributed by atoms with Gasteiger partial charge in [0.25, 0.3) is 5.56 Å². The molecule has 0 aliphatic rings. The number of aromatic nitrogens is 5. The van der Waals surface area contributed by atoms with Crippen molar-refractivity contribution in [3.63, 3.8) is 0 Å². The third kappa shape index (κ3) is 3.05. The Balaban J connectivity index is 1.84. The fraction of sp³-hybridized carbons (Fsp3) is 0.150. The molecule has 0 bridgehead atoms. The van der Waals surface area contributed by atoms with Crippen LogP contribution in [0, 0.1) is 0 Å². The molecule has 0 aliphatic heterocycles. The molecule has 0 N–H and O–H groups in total. The van der Waals surface area contributed by atoms with E-state index in [1.807, 2.05) is 18.2 Å². The van der Waals surface area contributed by atoms with Gasteiger partial charge in [0.05, 0.1) is 13.7 Å². The SMILES string of the molecule is COc1ccc(-c2ncc3c(=O)n(Cc4cccnc4)c(=O)n(C)c3n2)cc1. The zero-order chi connectivity index (χ0) is 19.7. The zero-order valence-electron chi connectivity index (χ0n) is 15.4. The van der Waals surface area contributed by atoms with Crippen LogP contribution in [-0.2, 0) is 13.6 Å². The maximum absolute atomic E-state index is 12.9. The summed E-state index contributed by atoms with van der Waals surface area (Å²) in [7, 11) is 3.18. The summed E-state index contributed by atoms with van der Waals surface area (Å²) in [5, 5.41) is 0.281. The lowest BCUT2D eigenvalue weighted by molar-refractivity contribution is 0.415. The highest BCUT2D eigenvalue weighted by atomic mass is 16.5. The summed E-state index contributed by atoms with van der Waals surface area (Å²) in [5.74, 6) is 1.14. The van der Waals surface area contributed by atoms with Crippen LogP contribution in [0.3, 0.4) is 0 Å². The predicted molar refractivity (Wildman–Crippen MR) is 104 cm³/mol. The lowest BCUT2D eigenvalue weighted by atomic mass is 10.2. The number of aryl methyl sites for hydroxylation is 1. The lowest BCUT2D eigenvalue weighted by Gasteiger charge is -2.11. The molecule has 140 valence electrons. The molecule has 8 nitrogen and oxygen atoms in total. The van der Waals surface area contributed by atoms with Crippen LogP contribution in [0.1, 0.15) is 5.56 Å². The smallest absolute Gasteiger partial charge is 0.332 e. The van der Waals surface area contributed by atoms with Gasteiger partial charge >= 0.3 is 5.69 Å². The van der Waals surface area contributed by atoms with Gasteiger partial charge in [-0.1, -0.05) is 6.07 Å². The van der Waals surface area contributed by atoms with Crippen molar-refractivity contribution in [1.29, 1.82) is 0 Å². The van der Waals surface area contributed by atoms with E-state index in [0.717, 1.165) is 21.4 Å². The molecule has 1 aromatic carbocycles. The normalized spacial score (nSPS) is 10.9. The Kier molecular flexibility index (Phi) is 4.44. The van der Waals surface area contributed by atoms with E-state index in [-0.39, 0.29) is 11.9 Å². The molecular formula is C20H17N5O3. The van der Waals surface area contributed by atoms with Crippen LogP contribution < -0.4 is 16.0 Å². The predicted octanol–water partition coefficient (Wildman–Crippen LogP) is 1.61. The molecular weight excluding hydrogens is 358 g/mol. The molecule has 0 atom stereocenters. The highest BCUT2D eigenvalue weighted by Gasteiger charge is 2.14. The summed E-state index contributed by atoms with van der Waals surface area (Å²) in [4.78, 5) is 38.4. The van der Waals surface area contributed by atoms with E-state index >= 15 is 0 Å². The van der Waals surface area contributed by atoms with Crippen LogP contribution >= 0.6 is 0 Å². The number of methoxy groups -OCH3 is 1. The van der Waals surface area contributed by atoms with E-state index in [9.17, 15) is 9.59 Å². The summed E-state index contributed by atoms with van der Waals surface area (Å²) in [6.07, 6.45) is 4.72. The standard InChI is InChI=1S/C20H17N5O3/c1-24-18-16(11-22-17(23-18)14-5-7-15(28-2)8-6-14)19(26)25(20(24)27)12-13-4-3-9-21-10-13/h3-11H,12H2,1-2H3. The second kappa shape index (κ2) is 7.07. The molecule has 0 unspecified atom stereocenters. The first-order valence-electron chi connectivity index (χ1n) is 8.58. The lowest BCUT2D eigenvalue weighted by Crippen LogP contribution is -2.39. The summed E-state index contributed by atoms with van der Waals surface area (Å²) < 4.78 is 7.68. The zero-order valence-corrected chi connectivity index (χ0v) is 15.4. The number of hydrogen-bond acceptors (Lipinski definition) is 6. The Hall–Kier alpha value is -3.81. The molecule has 28 heavy (non-hydrogen) atoms. The largest absolute Gasteiger partial charge is 0.497 e. The molecule has 0 saturated carbocycles. The van der Waals surface area contributed by atoms with Crippen LogP contribution in [0.5, 0.6) is 5.75 Å². The van der Waals surface area contributed by atoms with Gasteiger partial charge < -0.3 is 4.74 Å². The molecule has 0 aliphatic carbocycles. The first-order valence-corrected chi connectivity index (χ1v) is 8.58. The molecule has 0 radical (unpaired) electrons. The van der Waals surface area contributed by atoms with Crippen LogP contribution in [0.25, 0.3) is 22.4 Å². The van der Waals surface area contributed by atoms with Crippen molar-refractivity contribution in [2.75, 3.05) is 7.11 Å². The van der Waals surface area contributed by atoms with E-state index < -0.39 is 11.2 Å². The Morgan fingerprint density at radius 1 is 1.07 bits per heavy atom. The van der Waals surface area contributed by atoms with Gasteiger partial charge in [-0.2, -0.15) is 0 Å². The third-order valence-electron chi connectivity index (χ3n) is 4.49. The van der Waals surface area contributed by atoms with Gasteiger partial charge in [0.2, 0.25) is 0 Å². The highest BCUT2D eigenvalue weighted by molar-refractivity contribution is 5.75. The number of nitrogens with zero attached hydrogens (tertiary/aromatic N) is 5. The maximum atomic E-state index is 12.9. The minimum atomic E-state index is -0.444. The van der Waals surface area contributed by atoms with E-state index in [1.54, 1.807) is 44.8 Å². The minimum absolute atomic E-state index is 0.134. The second-order valence-corrected chi connectivity index (χ2v) is 6.25.